The molecule has 0 spiro atoms. The molecule has 0 radical (unpaired) electrons. The molecule has 6 nitrogen and oxygen atoms in total. The number of benzene rings is 2. The van der Waals surface area contributed by atoms with Crippen LogP contribution >= 0.6 is 0 Å². The molecule has 0 unspecified atom stereocenters. The Kier molecular flexibility index (Phi) is 6.43. The first kappa shape index (κ1) is 21.6. The van der Waals surface area contributed by atoms with Gasteiger partial charge in [-0.1, -0.05) is 55.5 Å². The van der Waals surface area contributed by atoms with Gasteiger partial charge in [-0.05, 0) is 42.3 Å². The summed E-state index contributed by atoms with van der Waals surface area (Å²) in [6.07, 6.45) is 0.875. The number of aromatic nitrogens is 4. The molecule has 7 heteroatoms. The van der Waals surface area contributed by atoms with Crippen molar-refractivity contribution in [2.24, 2.45) is 0 Å². The number of piperazine rings is 1. The van der Waals surface area contributed by atoms with Crippen LogP contribution in [0, 0.1) is 5.82 Å². The predicted octanol–water partition coefficient (Wildman–Crippen LogP) is 3.86. The molecule has 1 aliphatic rings. The largest absolute Gasteiger partial charge is 0.297 e. The van der Waals surface area contributed by atoms with Crippen LogP contribution in [0.15, 0.2) is 54.6 Å². The van der Waals surface area contributed by atoms with Crippen LogP contribution < -0.4 is 0 Å². The summed E-state index contributed by atoms with van der Waals surface area (Å²) in [6.45, 7) is 10.8. The summed E-state index contributed by atoms with van der Waals surface area (Å²) in [4.78, 5) is 4.76. The summed E-state index contributed by atoms with van der Waals surface area (Å²) < 4.78 is 16.8. The van der Waals surface area contributed by atoms with E-state index in [1.165, 1.54) is 11.6 Å². The quantitative estimate of drug-likeness (QED) is 0.579. The summed E-state index contributed by atoms with van der Waals surface area (Å²) >= 11 is 0. The highest BCUT2D eigenvalue weighted by atomic mass is 19.1. The van der Waals surface area contributed by atoms with Crippen molar-refractivity contribution in [1.82, 2.24) is 30.0 Å². The number of tetrazole rings is 1. The third kappa shape index (κ3) is 4.67. The first-order valence-electron chi connectivity index (χ1n) is 11.0. The predicted molar refractivity (Wildman–Crippen MR) is 119 cm³/mol. The average Bonchev–Trinajstić information content (AvgIpc) is 3.28. The van der Waals surface area contributed by atoms with Gasteiger partial charge in [0.25, 0.3) is 0 Å². The van der Waals surface area contributed by atoms with Crippen LogP contribution in [0.25, 0.3) is 0 Å². The van der Waals surface area contributed by atoms with E-state index in [4.69, 9.17) is 0 Å². The van der Waals surface area contributed by atoms with Crippen LogP contribution in [0.3, 0.4) is 0 Å². The molecule has 0 amide bonds. The van der Waals surface area contributed by atoms with E-state index in [-0.39, 0.29) is 17.4 Å². The highest BCUT2D eigenvalue weighted by molar-refractivity contribution is 5.27. The average molecular weight is 423 g/mol. The van der Waals surface area contributed by atoms with Crippen LogP contribution in [0.4, 0.5) is 4.39 Å². The van der Waals surface area contributed by atoms with Crippen LogP contribution in [-0.4, -0.2) is 56.2 Å². The molecule has 164 valence electrons. The molecule has 1 fully saturated rings. The van der Waals surface area contributed by atoms with Gasteiger partial charge in [0.1, 0.15) is 11.9 Å². The van der Waals surface area contributed by atoms with Gasteiger partial charge in [-0.3, -0.25) is 9.80 Å². The third-order valence-electron chi connectivity index (χ3n) is 6.40. The molecule has 2 aromatic carbocycles. The van der Waals surface area contributed by atoms with Crippen molar-refractivity contribution in [2.45, 2.75) is 45.3 Å². The topological polar surface area (TPSA) is 50.1 Å². The van der Waals surface area contributed by atoms with E-state index in [9.17, 15) is 4.39 Å². The molecule has 0 aliphatic carbocycles. The van der Waals surface area contributed by atoms with Crippen LogP contribution in [0.2, 0.25) is 0 Å². The fraction of sp³-hybridized carbons (Fsp3) is 0.458. The van der Waals surface area contributed by atoms with E-state index in [0.29, 0.717) is 11.4 Å². The lowest BCUT2D eigenvalue weighted by molar-refractivity contribution is 0.0960. The molecule has 0 N–H and O–H groups in total. The number of rotatable bonds is 7. The van der Waals surface area contributed by atoms with Crippen molar-refractivity contribution in [3.8, 4) is 0 Å². The molecule has 0 saturated carbocycles. The molecule has 2 heterocycles. The lowest BCUT2D eigenvalue weighted by Gasteiger charge is -2.39. The fourth-order valence-corrected chi connectivity index (χ4v) is 4.16. The van der Waals surface area contributed by atoms with E-state index >= 15 is 0 Å². The zero-order valence-corrected chi connectivity index (χ0v) is 18.6. The standard InChI is InChI=1S/C24H31FN6/c1-4-24(2,3)31-23(26-27-28-31)22(20-12-8-9-13-21(20)25)30-16-14-29(15-17-30)18-19-10-6-5-7-11-19/h5-13,22H,4,14-18H2,1-3H3/t22-/m1/s1. The highest BCUT2D eigenvalue weighted by Gasteiger charge is 2.35. The zero-order chi connectivity index (χ0) is 21.8. The van der Waals surface area contributed by atoms with Gasteiger partial charge in [-0.25, -0.2) is 9.07 Å². The molecular formula is C24H31FN6. The van der Waals surface area contributed by atoms with Crippen molar-refractivity contribution >= 4 is 0 Å². The van der Waals surface area contributed by atoms with Gasteiger partial charge in [0, 0.05) is 38.3 Å². The summed E-state index contributed by atoms with van der Waals surface area (Å²) in [5, 5.41) is 12.7. The van der Waals surface area contributed by atoms with Gasteiger partial charge in [0.2, 0.25) is 0 Å². The monoisotopic (exact) mass is 422 g/mol. The van der Waals surface area contributed by atoms with Crippen molar-refractivity contribution in [1.29, 1.82) is 0 Å². The SMILES string of the molecule is CCC(C)(C)n1nnnc1[C@@H](c1ccccc1F)N1CCN(Cc2ccccc2)CC1. The van der Waals surface area contributed by atoms with E-state index in [2.05, 4.69) is 70.4 Å². The Bertz CT molecular complexity index is 978. The fourth-order valence-electron chi connectivity index (χ4n) is 4.16. The molecule has 0 bridgehead atoms. The highest BCUT2D eigenvalue weighted by Crippen LogP contribution is 2.32. The molecular weight excluding hydrogens is 391 g/mol. The molecule has 3 aromatic rings. The maximum absolute atomic E-state index is 14.9. The van der Waals surface area contributed by atoms with Gasteiger partial charge in [0.15, 0.2) is 5.82 Å². The Balaban J connectivity index is 1.60. The van der Waals surface area contributed by atoms with Gasteiger partial charge < -0.3 is 0 Å². The van der Waals surface area contributed by atoms with Crippen molar-refractivity contribution < 1.29 is 4.39 Å². The van der Waals surface area contributed by atoms with E-state index in [1.54, 1.807) is 6.07 Å². The molecule has 31 heavy (non-hydrogen) atoms. The smallest absolute Gasteiger partial charge is 0.173 e. The third-order valence-corrected chi connectivity index (χ3v) is 6.40. The maximum Gasteiger partial charge on any atom is 0.173 e. The maximum atomic E-state index is 14.9. The first-order valence-corrected chi connectivity index (χ1v) is 11.0. The van der Waals surface area contributed by atoms with Gasteiger partial charge >= 0.3 is 0 Å². The van der Waals surface area contributed by atoms with Gasteiger partial charge in [0.05, 0.1) is 5.54 Å². The lowest BCUT2D eigenvalue weighted by atomic mass is 9.98. The minimum Gasteiger partial charge on any atom is -0.297 e. The first-order chi connectivity index (χ1) is 15.0. The molecule has 1 aliphatic heterocycles. The molecule has 1 atom stereocenters. The second-order valence-electron chi connectivity index (χ2n) is 8.84. The number of nitrogens with zero attached hydrogens (tertiary/aromatic N) is 6. The second kappa shape index (κ2) is 9.24. The van der Waals surface area contributed by atoms with Crippen molar-refractivity contribution in [3.63, 3.8) is 0 Å². The summed E-state index contributed by atoms with van der Waals surface area (Å²) in [7, 11) is 0. The Morgan fingerprint density at radius 1 is 0.968 bits per heavy atom. The second-order valence-corrected chi connectivity index (χ2v) is 8.84. The van der Waals surface area contributed by atoms with Crippen LogP contribution in [0.1, 0.15) is 50.2 Å². The van der Waals surface area contributed by atoms with E-state index in [1.807, 2.05) is 22.9 Å². The number of hydrogen-bond donors (Lipinski definition) is 0. The van der Waals surface area contributed by atoms with Gasteiger partial charge in [-0.15, -0.1) is 5.10 Å². The molecule has 1 aromatic heterocycles. The van der Waals surface area contributed by atoms with Crippen molar-refractivity contribution in [3.05, 3.63) is 77.4 Å². The Hall–Kier alpha value is -2.64. The van der Waals surface area contributed by atoms with E-state index in [0.717, 1.165) is 39.1 Å². The lowest BCUT2D eigenvalue weighted by Crippen LogP contribution is -2.48. The number of hydrogen-bond acceptors (Lipinski definition) is 5. The minimum atomic E-state index is -0.319. The van der Waals surface area contributed by atoms with Crippen molar-refractivity contribution in [2.75, 3.05) is 26.2 Å². The Morgan fingerprint density at radius 3 is 2.32 bits per heavy atom. The molecule has 1 saturated heterocycles. The van der Waals surface area contributed by atoms with Crippen LogP contribution in [0.5, 0.6) is 0 Å². The summed E-state index contributed by atoms with van der Waals surface area (Å²) in [5.41, 5.74) is 1.69. The number of halogens is 1. The minimum absolute atomic E-state index is 0.219. The summed E-state index contributed by atoms with van der Waals surface area (Å²) in [6, 6.07) is 17.2. The van der Waals surface area contributed by atoms with Crippen LogP contribution in [-0.2, 0) is 12.1 Å². The molecule has 4 rings (SSSR count). The van der Waals surface area contributed by atoms with Gasteiger partial charge in [-0.2, -0.15) is 0 Å². The Labute approximate surface area is 183 Å². The normalized spacial score (nSPS) is 17.0. The zero-order valence-electron chi connectivity index (χ0n) is 18.6. The Morgan fingerprint density at radius 2 is 1.65 bits per heavy atom. The summed E-state index contributed by atoms with van der Waals surface area (Å²) in [5.74, 6) is 0.483. The van der Waals surface area contributed by atoms with E-state index < -0.39 is 0 Å².